The summed E-state index contributed by atoms with van der Waals surface area (Å²) in [4.78, 5) is 10.6. The maximum Gasteiger partial charge on any atom is 0.127 e. The van der Waals surface area contributed by atoms with Crippen molar-refractivity contribution in [1.29, 1.82) is 5.26 Å². The molecule has 0 fully saturated rings. The van der Waals surface area contributed by atoms with E-state index < -0.39 is 0 Å². The van der Waals surface area contributed by atoms with Crippen molar-refractivity contribution in [2.24, 2.45) is 0 Å². The molecule has 0 saturated carbocycles. The summed E-state index contributed by atoms with van der Waals surface area (Å²) >= 11 is 4.95. The minimum absolute atomic E-state index is 0.204. The van der Waals surface area contributed by atoms with Crippen molar-refractivity contribution in [2.45, 2.75) is 12.8 Å². The molecule has 0 aliphatic heterocycles. The molecule has 1 atom stereocenters. The Labute approximate surface area is 99.9 Å². The average Bonchev–Trinajstić information content (AvgIpc) is 2.61. The van der Waals surface area contributed by atoms with E-state index in [1.165, 1.54) is 11.2 Å². The van der Waals surface area contributed by atoms with Gasteiger partial charge in [0.1, 0.15) is 11.2 Å². The summed E-state index contributed by atoms with van der Waals surface area (Å²) in [6.07, 6.45) is 1.53. The van der Waals surface area contributed by atoms with E-state index in [2.05, 4.69) is 32.0 Å². The van der Waals surface area contributed by atoms with Crippen LogP contribution in [0.25, 0.3) is 10.2 Å². The van der Waals surface area contributed by atoms with E-state index >= 15 is 0 Å². The molecule has 2 aromatic heterocycles. The molecule has 0 aliphatic carbocycles. The predicted molar refractivity (Wildman–Crippen MR) is 64.3 cm³/mol. The van der Waals surface area contributed by atoms with E-state index in [0.717, 1.165) is 15.9 Å². The zero-order valence-electron chi connectivity index (χ0n) is 8.07. The molecule has 0 N–H and O–H groups in total. The number of nitrogens with zero attached hydrogens (tertiary/aromatic N) is 3. The van der Waals surface area contributed by atoms with Gasteiger partial charge >= 0.3 is 0 Å². The van der Waals surface area contributed by atoms with E-state index in [1.54, 1.807) is 11.3 Å². The van der Waals surface area contributed by atoms with Crippen molar-refractivity contribution in [1.82, 2.24) is 9.97 Å². The quantitative estimate of drug-likeness (QED) is 0.795. The number of hydrogen-bond acceptors (Lipinski definition) is 4. The highest BCUT2D eigenvalue weighted by Gasteiger charge is 2.15. The third-order valence-electron chi connectivity index (χ3n) is 2.12. The van der Waals surface area contributed by atoms with E-state index in [9.17, 15) is 0 Å². The molecule has 0 aliphatic rings. The van der Waals surface area contributed by atoms with Gasteiger partial charge in [0, 0.05) is 15.6 Å². The molecule has 3 nitrogen and oxygen atoms in total. The zero-order valence-corrected chi connectivity index (χ0v) is 10.5. The SMILES string of the molecule is Cc1cc2c(C(C#N)CBr)ncnc2s1. The Hall–Kier alpha value is -0.990. The first kappa shape index (κ1) is 10.5. The highest BCUT2D eigenvalue weighted by atomic mass is 79.9. The lowest BCUT2D eigenvalue weighted by atomic mass is 10.1. The molecule has 0 saturated heterocycles. The average molecular weight is 282 g/mol. The number of thiophene rings is 1. The number of halogens is 1. The molecule has 0 aromatic carbocycles. The van der Waals surface area contributed by atoms with E-state index in [4.69, 9.17) is 5.26 Å². The molecular formula is C10H8BrN3S. The van der Waals surface area contributed by atoms with Crippen LogP contribution in [0.3, 0.4) is 0 Å². The Morgan fingerprint density at radius 1 is 1.60 bits per heavy atom. The van der Waals surface area contributed by atoms with Gasteiger partial charge in [-0.05, 0) is 13.0 Å². The van der Waals surface area contributed by atoms with Crippen LogP contribution in [-0.2, 0) is 0 Å². The highest BCUT2D eigenvalue weighted by Crippen LogP contribution is 2.29. The Balaban J connectivity index is 2.65. The molecule has 76 valence electrons. The summed E-state index contributed by atoms with van der Waals surface area (Å²) < 4.78 is 0. The van der Waals surface area contributed by atoms with Gasteiger partial charge in [-0.25, -0.2) is 9.97 Å². The predicted octanol–water partition coefficient (Wildman–Crippen LogP) is 3.00. The molecule has 2 heterocycles. The lowest BCUT2D eigenvalue weighted by Crippen LogP contribution is -2.00. The van der Waals surface area contributed by atoms with Gasteiger partial charge in [0.2, 0.25) is 0 Å². The Bertz CT molecular complexity index is 529. The molecule has 0 radical (unpaired) electrons. The molecule has 5 heteroatoms. The number of rotatable bonds is 2. The minimum atomic E-state index is -0.204. The second-order valence-electron chi connectivity index (χ2n) is 3.17. The second kappa shape index (κ2) is 4.25. The maximum absolute atomic E-state index is 9.01. The summed E-state index contributed by atoms with van der Waals surface area (Å²) in [6.45, 7) is 2.03. The molecule has 2 aromatic rings. The third-order valence-corrected chi connectivity index (χ3v) is 3.73. The highest BCUT2D eigenvalue weighted by molar-refractivity contribution is 9.09. The first-order chi connectivity index (χ1) is 7.26. The summed E-state index contributed by atoms with van der Waals surface area (Å²) in [5, 5.41) is 10.6. The number of hydrogen-bond donors (Lipinski definition) is 0. The number of alkyl halides is 1. The van der Waals surface area contributed by atoms with Crippen LogP contribution in [0, 0.1) is 18.3 Å². The Morgan fingerprint density at radius 2 is 2.40 bits per heavy atom. The van der Waals surface area contributed by atoms with Crippen molar-refractivity contribution >= 4 is 37.5 Å². The monoisotopic (exact) mass is 281 g/mol. The van der Waals surface area contributed by atoms with Crippen LogP contribution in [0.5, 0.6) is 0 Å². The van der Waals surface area contributed by atoms with E-state index in [-0.39, 0.29) is 5.92 Å². The molecule has 0 amide bonds. The van der Waals surface area contributed by atoms with Crippen molar-refractivity contribution in [3.63, 3.8) is 0 Å². The summed E-state index contributed by atoms with van der Waals surface area (Å²) in [5.41, 5.74) is 0.823. The Kier molecular flexibility index (Phi) is 2.98. The Morgan fingerprint density at radius 3 is 3.07 bits per heavy atom. The second-order valence-corrected chi connectivity index (χ2v) is 5.05. The van der Waals surface area contributed by atoms with Gasteiger partial charge in [-0.15, -0.1) is 11.3 Å². The zero-order chi connectivity index (χ0) is 10.8. The summed E-state index contributed by atoms with van der Waals surface area (Å²) in [6, 6.07) is 4.28. The normalized spacial score (nSPS) is 12.6. The fraction of sp³-hybridized carbons (Fsp3) is 0.300. The molecule has 15 heavy (non-hydrogen) atoms. The van der Waals surface area contributed by atoms with Crippen molar-refractivity contribution in [2.75, 3.05) is 5.33 Å². The van der Waals surface area contributed by atoms with Gasteiger partial charge in [-0.3, -0.25) is 0 Å². The third kappa shape index (κ3) is 1.87. The van der Waals surface area contributed by atoms with Crippen LogP contribution in [0.1, 0.15) is 16.5 Å². The van der Waals surface area contributed by atoms with Gasteiger partial charge in [0.15, 0.2) is 0 Å². The molecule has 2 rings (SSSR count). The minimum Gasteiger partial charge on any atom is -0.239 e. The van der Waals surface area contributed by atoms with Crippen LogP contribution >= 0.6 is 27.3 Å². The maximum atomic E-state index is 9.01. The van der Waals surface area contributed by atoms with Crippen molar-refractivity contribution < 1.29 is 0 Å². The summed E-state index contributed by atoms with van der Waals surface area (Å²) in [7, 11) is 0. The number of nitriles is 1. The number of aryl methyl sites for hydroxylation is 1. The van der Waals surface area contributed by atoms with Crippen molar-refractivity contribution in [3.8, 4) is 6.07 Å². The largest absolute Gasteiger partial charge is 0.239 e. The molecule has 0 spiro atoms. The first-order valence-corrected chi connectivity index (χ1v) is 6.36. The van der Waals surface area contributed by atoms with Gasteiger partial charge in [0.05, 0.1) is 17.7 Å². The van der Waals surface area contributed by atoms with Crippen LogP contribution < -0.4 is 0 Å². The van der Waals surface area contributed by atoms with Gasteiger partial charge in [-0.1, -0.05) is 15.9 Å². The fourth-order valence-electron chi connectivity index (χ4n) is 1.44. The fourth-order valence-corrected chi connectivity index (χ4v) is 2.75. The van der Waals surface area contributed by atoms with Crippen molar-refractivity contribution in [3.05, 3.63) is 23.0 Å². The number of aromatic nitrogens is 2. The molecular weight excluding hydrogens is 274 g/mol. The van der Waals surface area contributed by atoms with Gasteiger partial charge in [0.25, 0.3) is 0 Å². The smallest absolute Gasteiger partial charge is 0.127 e. The van der Waals surface area contributed by atoms with Gasteiger partial charge in [-0.2, -0.15) is 5.26 Å². The lowest BCUT2D eigenvalue weighted by Gasteiger charge is -2.04. The van der Waals surface area contributed by atoms with Crippen LogP contribution in [0.15, 0.2) is 12.4 Å². The summed E-state index contributed by atoms with van der Waals surface area (Å²) in [5.74, 6) is -0.204. The molecule has 0 bridgehead atoms. The number of fused-ring (bicyclic) bond motifs is 1. The van der Waals surface area contributed by atoms with E-state index in [0.29, 0.717) is 5.33 Å². The van der Waals surface area contributed by atoms with Crippen LogP contribution in [0.2, 0.25) is 0 Å². The van der Waals surface area contributed by atoms with Crippen LogP contribution in [-0.4, -0.2) is 15.3 Å². The topological polar surface area (TPSA) is 49.6 Å². The van der Waals surface area contributed by atoms with Crippen LogP contribution in [0.4, 0.5) is 0 Å². The standard InChI is InChI=1S/C10H8BrN3S/c1-6-2-8-9(7(3-11)4-12)13-5-14-10(8)15-6/h2,5,7H,3H2,1H3. The first-order valence-electron chi connectivity index (χ1n) is 4.43. The lowest BCUT2D eigenvalue weighted by molar-refractivity contribution is 0.943. The molecule has 1 unspecified atom stereocenters. The van der Waals surface area contributed by atoms with E-state index in [1.807, 2.05) is 13.0 Å². The van der Waals surface area contributed by atoms with Gasteiger partial charge < -0.3 is 0 Å².